The molecule has 4 heteroatoms. The lowest BCUT2D eigenvalue weighted by atomic mass is 9.88. The summed E-state index contributed by atoms with van der Waals surface area (Å²) in [6.07, 6.45) is 6.54. The van der Waals surface area contributed by atoms with E-state index in [1.54, 1.807) is 0 Å². The summed E-state index contributed by atoms with van der Waals surface area (Å²) in [6, 6.07) is 0. The van der Waals surface area contributed by atoms with Crippen LogP contribution in [-0.2, 0) is 0 Å². The van der Waals surface area contributed by atoms with Crippen molar-refractivity contribution >= 4 is 5.84 Å². The van der Waals surface area contributed by atoms with Gasteiger partial charge in [0.25, 0.3) is 0 Å². The predicted octanol–water partition coefficient (Wildman–Crippen LogP) is 2.46. The quantitative estimate of drug-likeness (QED) is 0.264. The van der Waals surface area contributed by atoms with Crippen LogP contribution < -0.4 is 11.1 Å². The number of hydrogen-bond donors (Lipinski definition) is 3. The summed E-state index contributed by atoms with van der Waals surface area (Å²) in [4.78, 5) is 0. The van der Waals surface area contributed by atoms with E-state index in [4.69, 9.17) is 10.9 Å². The van der Waals surface area contributed by atoms with Crippen LogP contribution in [0.5, 0.6) is 0 Å². The van der Waals surface area contributed by atoms with Crippen molar-refractivity contribution in [1.82, 2.24) is 5.32 Å². The highest BCUT2D eigenvalue weighted by molar-refractivity contribution is 5.80. The molecule has 0 bridgehead atoms. The molecule has 0 aromatic carbocycles. The van der Waals surface area contributed by atoms with Gasteiger partial charge < -0.3 is 16.3 Å². The highest BCUT2D eigenvalue weighted by Crippen LogP contribution is 2.48. The maximum absolute atomic E-state index is 8.64. The highest BCUT2D eigenvalue weighted by atomic mass is 16.4. The van der Waals surface area contributed by atoms with Crippen LogP contribution in [0.1, 0.15) is 59.3 Å². The van der Waals surface area contributed by atoms with E-state index in [-0.39, 0.29) is 11.0 Å². The lowest BCUT2D eigenvalue weighted by molar-refractivity contribution is 0.263. The first-order chi connectivity index (χ1) is 8.05. The minimum atomic E-state index is 0.251. The highest BCUT2D eigenvalue weighted by Gasteiger charge is 2.44. The Bertz CT molecular complexity index is 260. The van der Waals surface area contributed by atoms with Gasteiger partial charge in [-0.1, -0.05) is 25.9 Å². The number of nitrogens with two attached hydrogens (primary N) is 1. The van der Waals surface area contributed by atoms with E-state index in [0.717, 1.165) is 25.8 Å². The second-order valence-corrected chi connectivity index (χ2v) is 5.46. The molecule has 4 nitrogen and oxygen atoms in total. The molecule has 1 aliphatic rings. The fourth-order valence-corrected chi connectivity index (χ4v) is 2.51. The van der Waals surface area contributed by atoms with Gasteiger partial charge in [-0.25, -0.2) is 0 Å². The number of rotatable bonds is 8. The van der Waals surface area contributed by atoms with Crippen LogP contribution in [0, 0.1) is 5.41 Å². The number of amidine groups is 1. The van der Waals surface area contributed by atoms with E-state index in [0.29, 0.717) is 12.3 Å². The Kier molecular flexibility index (Phi) is 4.80. The Morgan fingerprint density at radius 1 is 1.29 bits per heavy atom. The summed E-state index contributed by atoms with van der Waals surface area (Å²) in [7, 11) is 0. The van der Waals surface area contributed by atoms with Gasteiger partial charge in [-0.3, -0.25) is 0 Å². The van der Waals surface area contributed by atoms with Crippen LogP contribution >= 0.6 is 0 Å². The summed E-state index contributed by atoms with van der Waals surface area (Å²) in [5.41, 5.74) is 6.12. The van der Waals surface area contributed by atoms with Gasteiger partial charge in [0.1, 0.15) is 5.84 Å². The van der Waals surface area contributed by atoms with Gasteiger partial charge in [-0.05, 0) is 37.5 Å². The first-order valence-electron chi connectivity index (χ1n) is 6.77. The van der Waals surface area contributed by atoms with E-state index in [1.807, 2.05) is 0 Å². The Balaban J connectivity index is 2.49. The lowest BCUT2D eigenvalue weighted by Crippen LogP contribution is -2.46. The van der Waals surface area contributed by atoms with Crippen LogP contribution in [0.15, 0.2) is 5.16 Å². The van der Waals surface area contributed by atoms with Gasteiger partial charge >= 0.3 is 0 Å². The van der Waals surface area contributed by atoms with Gasteiger partial charge in [-0.2, -0.15) is 0 Å². The standard InChI is InChI=1S/C13H27N3O/c1-4-13(5-2,6-3)15-10-12(7-8-12)9-11(14)16-17/h15,17H,4-10H2,1-3H3,(H2,14,16). The van der Waals surface area contributed by atoms with Crippen molar-refractivity contribution < 1.29 is 5.21 Å². The molecule has 0 unspecified atom stereocenters. The molecule has 1 saturated carbocycles. The molecule has 17 heavy (non-hydrogen) atoms. The van der Waals surface area contributed by atoms with Crippen LogP contribution in [0.3, 0.4) is 0 Å². The first kappa shape index (κ1) is 14.3. The first-order valence-corrected chi connectivity index (χ1v) is 6.77. The van der Waals surface area contributed by atoms with Gasteiger partial charge in [0.05, 0.1) is 0 Å². The van der Waals surface area contributed by atoms with Crippen molar-refractivity contribution in [2.24, 2.45) is 16.3 Å². The molecule has 0 radical (unpaired) electrons. The van der Waals surface area contributed by atoms with E-state index in [1.165, 1.54) is 12.8 Å². The molecular formula is C13H27N3O. The zero-order chi connectivity index (χ0) is 12.9. The van der Waals surface area contributed by atoms with Crippen LogP contribution in [-0.4, -0.2) is 23.1 Å². The zero-order valence-electron chi connectivity index (χ0n) is 11.4. The molecule has 0 spiro atoms. The fraction of sp³-hybridized carbons (Fsp3) is 0.923. The summed E-state index contributed by atoms with van der Waals surface area (Å²) in [5, 5.41) is 15.4. The average molecular weight is 241 g/mol. The molecule has 4 N–H and O–H groups in total. The molecule has 0 atom stereocenters. The molecule has 0 aromatic heterocycles. The molecule has 0 aromatic rings. The minimum absolute atomic E-state index is 0.251. The average Bonchev–Trinajstić information content (AvgIpc) is 3.12. The number of nitrogens with zero attached hydrogens (tertiary/aromatic N) is 1. The van der Waals surface area contributed by atoms with Crippen molar-refractivity contribution in [1.29, 1.82) is 0 Å². The second-order valence-electron chi connectivity index (χ2n) is 5.46. The maximum atomic E-state index is 8.64. The van der Waals surface area contributed by atoms with E-state index in [9.17, 15) is 0 Å². The third-order valence-electron chi connectivity index (χ3n) is 4.51. The van der Waals surface area contributed by atoms with Gasteiger partial charge in [0.15, 0.2) is 0 Å². The molecule has 0 amide bonds. The molecule has 1 fully saturated rings. The van der Waals surface area contributed by atoms with Crippen molar-refractivity contribution in [2.75, 3.05) is 6.54 Å². The van der Waals surface area contributed by atoms with Crippen molar-refractivity contribution in [3.63, 3.8) is 0 Å². The van der Waals surface area contributed by atoms with E-state index < -0.39 is 0 Å². The normalized spacial score (nSPS) is 19.4. The molecule has 0 heterocycles. The number of nitrogens with one attached hydrogen (secondary N) is 1. The van der Waals surface area contributed by atoms with E-state index >= 15 is 0 Å². The topological polar surface area (TPSA) is 70.6 Å². The maximum Gasteiger partial charge on any atom is 0.139 e. The van der Waals surface area contributed by atoms with Crippen molar-refractivity contribution in [2.45, 2.75) is 64.8 Å². The lowest BCUT2D eigenvalue weighted by Gasteiger charge is -2.34. The molecule has 1 rings (SSSR count). The second kappa shape index (κ2) is 5.71. The van der Waals surface area contributed by atoms with Gasteiger partial charge in [0.2, 0.25) is 0 Å². The molecular weight excluding hydrogens is 214 g/mol. The van der Waals surface area contributed by atoms with Crippen LogP contribution in [0.4, 0.5) is 0 Å². The minimum Gasteiger partial charge on any atom is -0.409 e. The largest absolute Gasteiger partial charge is 0.409 e. The summed E-state index contributed by atoms with van der Waals surface area (Å²) >= 11 is 0. The summed E-state index contributed by atoms with van der Waals surface area (Å²) < 4.78 is 0. The number of oxime groups is 1. The fourth-order valence-electron chi connectivity index (χ4n) is 2.51. The molecule has 1 aliphatic carbocycles. The van der Waals surface area contributed by atoms with Crippen molar-refractivity contribution in [3.05, 3.63) is 0 Å². The molecule has 100 valence electrons. The Morgan fingerprint density at radius 2 is 1.82 bits per heavy atom. The van der Waals surface area contributed by atoms with E-state index in [2.05, 4.69) is 31.2 Å². The molecule has 0 saturated heterocycles. The van der Waals surface area contributed by atoms with Gasteiger partial charge in [-0.15, -0.1) is 0 Å². The van der Waals surface area contributed by atoms with Crippen LogP contribution in [0.2, 0.25) is 0 Å². The monoisotopic (exact) mass is 241 g/mol. The van der Waals surface area contributed by atoms with Gasteiger partial charge in [0, 0.05) is 18.5 Å². The number of hydrogen-bond acceptors (Lipinski definition) is 3. The SMILES string of the molecule is CCC(CC)(CC)NCC1(CC(N)=NO)CC1. The zero-order valence-corrected chi connectivity index (χ0v) is 11.4. The molecule has 0 aliphatic heterocycles. The smallest absolute Gasteiger partial charge is 0.139 e. The Labute approximate surface area is 105 Å². The Hall–Kier alpha value is -0.770. The Morgan fingerprint density at radius 3 is 2.18 bits per heavy atom. The third kappa shape index (κ3) is 3.60. The van der Waals surface area contributed by atoms with Crippen molar-refractivity contribution in [3.8, 4) is 0 Å². The summed E-state index contributed by atoms with van der Waals surface area (Å²) in [5.74, 6) is 0.361. The van der Waals surface area contributed by atoms with Crippen LogP contribution in [0.25, 0.3) is 0 Å². The third-order valence-corrected chi connectivity index (χ3v) is 4.51. The summed E-state index contributed by atoms with van der Waals surface area (Å²) in [6.45, 7) is 7.70. The predicted molar refractivity (Wildman–Crippen MR) is 71.3 cm³/mol.